The number of nitrogens with one attached hydrogen (secondary N) is 2. The van der Waals surface area contributed by atoms with Gasteiger partial charge in [0.15, 0.2) is 5.01 Å². The Morgan fingerprint density at radius 1 is 1.20 bits per heavy atom. The minimum absolute atomic E-state index is 0.0263. The smallest absolute Gasteiger partial charge is 0.283 e. The van der Waals surface area contributed by atoms with Gasteiger partial charge in [-0.3, -0.25) is 14.9 Å². The molecule has 0 bridgehead atoms. The Labute approximate surface area is 241 Å². The molecule has 216 valence electrons. The third kappa shape index (κ3) is 5.49. The molecule has 3 aliphatic heterocycles. The number of benzene rings is 1. The number of amides is 2. The van der Waals surface area contributed by atoms with Crippen molar-refractivity contribution in [3.8, 4) is 12.3 Å². The second-order valence-electron chi connectivity index (χ2n) is 10.3. The van der Waals surface area contributed by atoms with Gasteiger partial charge in [0.1, 0.15) is 11.3 Å². The van der Waals surface area contributed by atoms with Crippen molar-refractivity contribution < 1.29 is 27.9 Å². The van der Waals surface area contributed by atoms with Crippen LogP contribution in [-0.4, -0.2) is 108 Å². The highest BCUT2D eigenvalue weighted by molar-refractivity contribution is 7.89. The quantitative estimate of drug-likeness (QED) is 0.356. The highest BCUT2D eigenvalue weighted by atomic mass is 32.2. The van der Waals surface area contributed by atoms with Crippen molar-refractivity contribution in [1.29, 1.82) is 0 Å². The monoisotopic (exact) mass is 598 g/mol. The largest absolute Gasteiger partial charge is 0.378 e. The molecule has 2 unspecified atom stereocenters. The first-order chi connectivity index (χ1) is 19.7. The van der Waals surface area contributed by atoms with Gasteiger partial charge in [0, 0.05) is 73.5 Å². The van der Waals surface area contributed by atoms with E-state index in [9.17, 15) is 23.1 Å². The lowest BCUT2D eigenvalue weighted by molar-refractivity contribution is -0.136. The van der Waals surface area contributed by atoms with E-state index in [1.165, 1.54) is 15.6 Å². The SMILES string of the molecule is C#Cc1ccc2[nH]c(S(=O)(=O)N3CCN(C(=O)c4nc5c(s4)CNC(O)C5)C(CC(=O)N4CCOCC4)C3)cc2c1. The summed E-state index contributed by atoms with van der Waals surface area (Å²) in [5, 5.41) is 13.8. The van der Waals surface area contributed by atoms with Crippen LogP contribution in [0.15, 0.2) is 29.3 Å². The molecule has 0 spiro atoms. The Balaban J connectivity index is 1.27. The van der Waals surface area contributed by atoms with E-state index in [1.54, 1.807) is 34.1 Å². The van der Waals surface area contributed by atoms with Crippen LogP contribution >= 0.6 is 11.3 Å². The molecule has 3 N–H and O–H groups in total. The lowest BCUT2D eigenvalue weighted by atomic mass is 10.1. The number of thiazole rings is 1. The second-order valence-corrected chi connectivity index (χ2v) is 13.3. The number of aromatic amines is 1. The summed E-state index contributed by atoms with van der Waals surface area (Å²) in [7, 11) is -3.96. The molecule has 2 aromatic heterocycles. The highest BCUT2D eigenvalue weighted by Crippen LogP contribution is 2.29. The maximum atomic E-state index is 13.8. The van der Waals surface area contributed by atoms with E-state index in [2.05, 4.69) is 21.2 Å². The topological polar surface area (TPSA) is 148 Å². The number of aliphatic hydroxyl groups is 1. The number of nitrogens with zero attached hydrogens (tertiary/aromatic N) is 4. The van der Waals surface area contributed by atoms with E-state index in [0.29, 0.717) is 61.4 Å². The van der Waals surface area contributed by atoms with Crippen LogP contribution < -0.4 is 5.32 Å². The molecule has 14 heteroatoms. The molecular formula is C27H30N6O6S2. The van der Waals surface area contributed by atoms with Gasteiger partial charge in [0.2, 0.25) is 5.91 Å². The number of piperazine rings is 1. The van der Waals surface area contributed by atoms with Crippen molar-refractivity contribution in [2.24, 2.45) is 0 Å². The van der Waals surface area contributed by atoms with Crippen LogP contribution in [0.4, 0.5) is 0 Å². The fraction of sp³-hybridized carbons (Fsp3) is 0.444. The zero-order valence-corrected chi connectivity index (χ0v) is 23.8. The highest BCUT2D eigenvalue weighted by Gasteiger charge is 2.40. The minimum Gasteiger partial charge on any atom is -0.378 e. The first-order valence-electron chi connectivity index (χ1n) is 13.4. The summed E-state index contributed by atoms with van der Waals surface area (Å²) >= 11 is 1.26. The molecule has 12 nitrogen and oxygen atoms in total. The van der Waals surface area contributed by atoms with Gasteiger partial charge in [-0.25, -0.2) is 13.4 Å². The second kappa shape index (κ2) is 11.2. The van der Waals surface area contributed by atoms with Gasteiger partial charge in [-0.1, -0.05) is 5.92 Å². The number of aliphatic hydroxyl groups excluding tert-OH is 1. The van der Waals surface area contributed by atoms with Gasteiger partial charge in [0.25, 0.3) is 15.9 Å². The minimum atomic E-state index is -3.96. The van der Waals surface area contributed by atoms with E-state index in [-0.39, 0.29) is 47.9 Å². The molecule has 6 rings (SSSR count). The zero-order chi connectivity index (χ0) is 28.7. The first kappa shape index (κ1) is 27.8. The van der Waals surface area contributed by atoms with Crippen molar-refractivity contribution in [3.63, 3.8) is 0 Å². The lowest BCUT2D eigenvalue weighted by Crippen LogP contribution is -2.58. The predicted molar refractivity (Wildman–Crippen MR) is 150 cm³/mol. The van der Waals surface area contributed by atoms with Crippen molar-refractivity contribution in [2.75, 3.05) is 45.9 Å². The van der Waals surface area contributed by atoms with E-state index in [4.69, 9.17) is 11.2 Å². The van der Waals surface area contributed by atoms with Gasteiger partial charge < -0.3 is 24.6 Å². The molecule has 0 aliphatic carbocycles. The molecule has 3 aliphatic rings. The summed E-state index contributed by atoms with van der Waals surface area (Å²) in [6, 6.07) is 6.09. The van der Waals surface area contributed by atoms with Crippen molar-refractivity contribution in [2.45, 2.75) is 36.7 Å². The van der Waals surface area contributed by atoms with Crippen LogP contribution in [0.3, 0.4) is 0 Å². The zero-order valence-electron chi connectivity index (χ0n) is 22.2. The number of H-pyrrole nitrogens is 1. The summed E-state index contributed by atoms with van der Waals surface area (Å²) in [4.78, 5) is 38.6. The third-order valence-corrected chi connectivity index (χ3v) is 10.6. The van der Waals surface area contributed by atoms with Crippen LogP contribution in [0.1, 0.15) is 32.4 Å². The number of terminal acetylenes is 1. The van der Waals surface area contributed by atoms with Gasteiger partial charge in [-0.15, -0.1) is 17.8 Å². The summed E-state index contributed by atoms with van der Waals surface area (Å²) in [5.74, 6) is 2.05. The molecule has 5 heterocycles. The number of carbonyl (C=O) groups excluding carboxylic acids is 2. The van der Waals surface area contributed by atoms with Crippen LogP contribution in [0.2, 0.25) is 0 Å². The summed E-state index contributed by atoms with van der Waals surface area (Å²) in [5.41, 5.74) is 1.96. The maximum absolute atomic E-state index is 13.8. The Morgan fingerprint density at radius 2 is 2.00 bits per heavy atom. The van der Waals surface area contributed by atoms with Gasteiger partial charge in [-0.05, 0) is 24.3 Å². The summed E-state index contributed by atoms with van der Waals surface area (Å²) in [6.07, 6.45) is 5.06. The van der Waals surface area contributed by atoms with Gasteiger partial charge in [-0.2, -0.15) is 4.31 Å². The lowest BCUT2D eigenvalue weighted by Gasteiger charge is -2.41. The van der Waals surface area contributed by atoms with Gasteiger partial charge >= 0.3 is 0 Å². The Bertz CT molecular complexity index is 1640. The molecule has 1 aromatic carbocycles. The standard InChI is InChI=1S/C27H30N6O6S2/c1-2-17-3-4-20-18(11-17)12-24(29-20)41(37,38)32-5-6-33(19(16-32)13-25(35)31-7-9-39-10-8-31)27(36)26-30-21-14-23(34)28-15-22(21)40-26/h1,3-4,11-12,19,23,28-29,34H,5-10,13-16H2. The van der Waals surface area contributed by atoms with E-state index < -0.39 is 22.3 Å². The van der Waals surface area contributed by atoms with Crippen LogP contribution in [-0.2, 0) is 32.5 Å². The number of carbonyl (C=O) groups is 2. The Morgan fingerprint density at radius 3 is 2.78 bits per heavy atom. The number of sulfonamides is 1. The Hall–Kier alpha value is -3.32. The third-order valence-electron chi connectivity index (χ3n) is 7.71. The average Bonchev–Trinajstić information content (AvgIpc) is 3.61. The van der Waals surface area contributed by atoms with Crippen molar-refractivity contribution in [3.05, 3.63) is 45.4 Å². The average molecular weight is 599 g/mol. The summed E-state index contributed by atoms with van der Waals surface area (Å²) < 4.78 is 34.2. The fourth-order valence-electron chi connectivity index (χ4n) is 5.47. The number of fused-ring (bicyclic) bond motifs is 2. The first-order valence-corrected chi connectivity index (χ1v) is 15.6. The number of rotatable bonds is 5. The molecule has 2 atom stereocenters. The molecule has 41 heavy (non-hydrogen) atoms. The molecule has 2 saturated heterocycles. The van der Waals surface area contributed by atoms with E-state index in [1.807, 2.05) is 0 Å². The number of hydrogen-bond acceptors (Lipinski definition) is 9. The fourth-order valence-corrected chi connectivity index (χ4v) is 7.94. The van der Waals surface area contributed by atoms with Crippen LogP contribution in [0, 0.1) is 12.3 Å². The van der Waals surface area contributed by atoms with Crippen molar-refractivity contribution >= 4 is 44.1 Å². The molecular weight excluding hydrogens is 568 g/mol. The number of morpholine rings is 1. The molecule has 0 saturated carbocycles. The van der Waals surface area contributed by atoms with Gasteiger partial charge in [0.05, 0.1) is 24.9 Å². The van der Waals surface area contributed by atoms with Crippen LogP contribution in [0.5, 0.6) is 0 Å². The van der Waals surface area contributed by atoms with Crippen molar-refractivity contribution in [1.82, 2.24) is 29.4 Å². The van der Waals surface area contributed by atoms with E-state index >= 15 is 0 Å². The van der Waals surface area contributed by atoms with Crippen LogP contribution in [0.25, 0.3) is 10.9 Å². The molecule has 2 amide bonds. The molecule has 0 radical (unpaired) electrons. The molecule has 2 fully saturated rings. The summed E-state index contributed by atoms with van der Waals surface area (Å²) in [6.45, 7) is 2.31. The number of ether oxygens (including phenoxy) is 1. The van der Waals surface area contributed by atoms with E-state index in [0.717, 1.165) is 4.88 Å². The molecule has 3 aromatic rings. The normalized spacial score (nSPS) is 22.0. The number of aromatic nitrogens is 2. The predicted octanol–water partition coefficient (Wildman–Crippen LogP) is 0.334. The maximum Gasteiger partial charge on any atom is 0.283 e. The Kier molecular flexibility index (Phi) is 7.58. The number of hydrogen-bond donors (Lipinski definition) is 3.